The average molecular weight is 222 g/mol. The molecule has 0 amide bonds. The van der Waals surface area contributed by atoms with Gasteiger partial charge in [-0.05, 0) is 32.4 Å². The van der Waals surface area contributed by atoms with Gasteiger partial charge in [0.25, 0.3) is 0 Å². The Kier molecular flexibility index (Phi) is 2.29. The summed E-state index contributed by atoms with van der Waals surface area (Å²) in [7, 11) is 0. The van der Waals surface area contributed by atoms with Crippen LogP contribution in [0, 0.1) is 0 Å². The van der Waals surface area contributed by atoms with E-state index in [1.807, 2.05) is 0 Å². The first-order chi connectivity index (χ1) is 7.35. The van der Waals surface area contributed by atoms with Gasteiger partial charge in [0.1, 0.15) is 11.9 Å². The molecular formula is C12H14O4. The molecule has 1 heterocycles. The minimum Gasteiger partial charge on any atom is -0.469 e. The lowest BCUT2D eigenvalue weighted by Crippen LogP contribution is -2.51. The molecule has 16 heavy (non-hydrogen) atoms. The number of carbonyl (C=O) groups is 1. The molecule has 86 valence electrons. The number of ether oxygens (including phenoxy) is 1. The quantitative estimate of drug-likeness (QED) is 0.636. The fourth-order valence-electron chi connectivity index (χ4n) is 2.01. The number of Topliss-reactive ketones (excluding diaryl/α,β-unsaturated/α-hetero) is 1. The van der Waals surface area contributed by atoms with E-state index in [2.05, 4.69) is 0 Å². The Bertz CT molecular complexity index is 452. The molecule has 0 aromatic rings. The molecule has 0 bridgehead atoms. The van der Waals surface area contributed by atoms with Crippen LogP contribution in [0.5, 0.6) is 0 Å². The summed E-state index contributed by atoms with van der Waals surface area (Å²) in [5, 5.41) is 19.9. The van der Waals surface area contributed by atoms with E-state index in [-0.39, 0.29) is 0 Å². The first kappa shape index (κ1) is 11.1. The molecule has 1 aliphatic carbocycles. The van der Waals surface area contributed by atoms with Gasteiger partial charge < -0.3 is 14.9 Å². The number of allylic oxidation sites excluding steroid dienone is 2. The number of carbonyl (C=O) groups excluding carboxylic acids is 1. The van der Waals surface area contributed by atoms with Crippen LogP contribution in [0.15, 0.2) is 34.8 Å². The molecule has 4 heteroatoms. The van der Waals surface area contributed by atoms with Crippen molar-refractivity contribution in [3.05, 3.63) is 34.8 Å². The molecule has 0 aromatic heterocycles. The fourth-order valence-corrected chi connectivity index (χ4v) is 2.01. The third kappa shape index (κ3) is 1.34. The Labute approximate surface area is 93.5 Å². The van der Waals surface area contributed by atoms with Crippen molar-refractivity contribution in [1.82, 2.24) is 0 Å². The van der Waals surface area contributed by atoms with E-state index in [9.17, 15) is 15.0 Å². The average Bonchev–Trinajstić information content (AvgIpc) is 2.24. The van der Waals surface area contributed by atoms with Crippen molar-refractivity contribution in [3.63, 3.8) is 0 Å². The molecule has 0 aromatic carbocycles. The normalized spacial score (nSPS) is 34.1. The number of rotatable bonds is 0. The maximum atomic E-state index is 11.9. The zero-order valence-electron chi connectivity index (χ0n) is 9.44. The number of ketones is 1. The highest BCUT2D eigenvalue weighted by molar-refractivity contribution is 6.05. The lowest BCUT2D eigenvalue weighted by Gasteiger charge is -2.36. The Morgan fingerprint density at radius 1 is 1.44 bits per heavy atom. The molecule has 4 nitrogen and oxygen atoms in total. The van der Waals surface area contributed by atoms with Gasteiger partial charge in [-0.3, -0.25) is 4.79 Å². The standard InChI is InChI=1S/C12H14O4/c1-6-4-8-7(2)10(13)12(3,15)11(14)9(8)5-16-6/h4-5,11,14-15H,1-3H3. The summed E-state index contributed by atoms with van der Waals surface area (Å²) in [4.78, 5) is 11.9. The van der Waals surface area contributed by atoms with Gasteiger partial charge in [-0.15, -0.1) is 0 Å². The Morgan fingerprint density at radius 2 is 2.06 bits per heavy atom. The second-order valence-electron chi connectivity index (χ2n) is 4.36. The second-order valence-corrected chi connectivity index (χ2v) is 4.36. The molecule has 0 saturated heterocycles. The van der Waals surface area contributed by atoms with Gasteiger partial charge in [-0.1, -0.05) is 0 Å². The zero-order valence-corrected chi connectivity index (χ0v) is 9.44. The van der Waals surface area contributed by atoms with Crippen molar-refractivity contribution in [2.75, 3.05) is 0 Å². The second kappa shape index (κ2) is 3.30. The van der Waals surface area contributed by atoms with Crippen LogP contribution in [0.1, 0.15) is 20.8 Å². The van der Waals surface area contributed by atoms with E-state index in [0.29, 0.717) is 22.5 Å². The van der Waals surface area contributed by atoms with Crippen molar-refractivity contribution in [2.45, 2.75) is 32.5 Å². The van der Waals surface area contributed by atoms with Crippen LogP contribution < -0.4 is 0 Å². The maximum absolute atomic E-state index is 11.9. The van der Waals surface area contributed by atoms with Crippen LogP contribution in [-0.4, -0.2) is 27.7 Å². The van der Waals surface area contributed by atoms with Gasteiger partial charge in [0.15, 0.2) is 11.4 Å². The van der Waals surface area contributed by atoms with Crippen LogP contribution in [0.25, 0.3) is 0 Å². The highest BCUT2D eigenvalue weighted by Gasteiger charge is 2.46. The SMILES string of the molecule is CC1=CC2=C(C)C(=O)C(C)(O)C(O)C2=CO1. The predicted octanol–water partition coefficient (Wildman–Crippen LogP) is 0.815. The minimum atomic E-state index is -1.78. The van der Waals surface area contributed by atoms with E-state index in [1.165, 1.54) is 13.2 Å². The van der Waals surface area contributed by atoms with Crippen molar-refractivity contribution in [3.8, 4) is 0 Å². The lowest BCUT2D eigenvalue weighted by atomic mass is 9.75. The topological polar surface area (TPSA) is 66.8 Å². The largest absolute Gasteiger partial charge is 0.469 e. The number of aliphatic hydroxyl groups is 2. The minimum absolute atomic E-state index is 0.446. The van der Waals surface area contributed by atoms with E-state index in [1.54, 1.807) is 19.9 Å². The van der Waals surface area contributed by atoms with Crippen molar-refractivity contribution >= 4 is 5.78 Å². The van der Waals surface area contributed by atoms with Gasteiger partial charge in [0, 0.05) is 11.1 Å². The molecule has 0 spiro atoms. The number of fused-ring (bicyclic) bond motifs is 1. The Balaban J connectivity index is 2.63. The van der Waals surface area contributed by atoms with Gasteiger partial charge >= 0.3 is 0 Å². The number of aliphatic hydroxyl groups excluding tert-OH is 1. The smallest absolute Gasteiger partial charge is 0.193 e. The van der Waals surface area contributed by atoms with Gasteiger partial charge in [0.2, 0.25) is 0 Å². The third-order valence-electron chi connectivity index (χ3n) is 3.06. The molecule has 2 unspecified atom stereocenters. The van der Waals surface area contributed by atoms with Crippen LogP contribution in [0.2, 0.25) is 0 Å². The molecule has 0 radical (unpaired) electrons. The van der Waals surface area contributed by atoms with Crippen LogP contribution in [0.3, 0.4) is 0 Å². The van der Waals surface area contributed by atoms with Crippen LogP contribution in [0.4, 0.5) is 0 Å². The summed E-state index contributed by atoms with van der Waals surface area (Å²) < 4.78 is 5.18. The summed E-state index contributed by atoms with van der Waals surface area (Å²) in [5.41, 5.74) is -0.230. The van der Waals surface area contributed by atoms with E-state index < -0.39 is 17.5 Å². The summed E-state index contributed by atoms with van der Waals surface area (Å²) in [6.07, 6.45) is 1.84. The third-order valence-corrected chi connectivity index (χ3v) is 3.06. The predicted molar refractivity (Wildman–Crippen MR) is 57.3 cm³/mol. The molecule has 2 atom stereocenters. The highest BCUT2D eigenvalue weighted by atomic mass is 16.5. The van der Waals surface area contributed by atoms with E-state index >= 15 is 0 Å². The first-order valence-corrected chi connectivity index (χ1v) is 5.07. The molecule has 2 aliphatic rings. The summed E-state index contributed by atoms with van der Waals surface area (Å²) in [6.45, 7) is 4.71. The van der Waals surface area contributed by atoms with Gasteiger partial charge in [-0.2, -0.15) is 0 Å². The van der Waals surface area contributed by atoms with E-state index in [0.717, 1.165) is 0 Å². The van der Waals surface area contributed by atoms with Crippen molar-refractivity contribution in [1.29, 1.82) is 0 Å². The monoisotopic (exact) mass is 222 g/mol. The molecule has 0 saturated carbocycles. The first-order valence-electron chi connectivity index (χ1n) is 5.07. The van der Waals surface area contributed by atoms with Gasteiger partial charge in [-0.25, -0.2) is 0 Å². The van der Waals surface area contributed by atoms with Crippen LogP contribution in [-0.2, 0) is 9.53 Å². The Hall–Kier alpha value is -1.39. The molecule has 0 fully saturated rings. The number of hydrogen-bond acceptors (Lipinski definition) is 4. The van der Waals surface area contributed by atoms with Crippen LogP contribution >= 0.6 is 0 Å². The summed E-state index contributed by atoms with van der Waals surface area (Å²) in [5.74, 6) is 0.206. The molecule has 1 aliphatic heterocycles. The maximum Gasteiger partial charge on any atom is 0.193 e. The molecular weight excluding hydrogens is 208 g/mol. The molecule has 2 N–H and O–H groups in total. The summed E-state index contributed by atoms with van der Waals surface area (Å²) >= 11 is 0. The molecule has 2 rings (SSSR count). The van der Waals surface area contributed by atoms with Gasteiger partial charge in [0.05, 0.1) is 6.26 Å². The number of hydrogen-bond donors (Lipinski definition) is 2. The van der Waals surface area contributed by atoms with Crippen molar-refractivity contribution in [2.24, 2.45) is 0 Å². The summed E-state index contributed by atoms with van der Waals surface area (Å²) in [6, 6.07) is 0. The lowest BCUT2D eigenvalue weighted by molar-refractivity contribution is -0.141. The van der Waals surface area contributed by atoms with Crippen molar-refractivity contribution < 1.29 is 19.7 Å². The highest BCUT2D eigenvalue weighted by Crippen LogP contribution is 2.37. The zero-order chi connectivity index (χ0) is 12.1. The van der Waals surface area contributed by atoms with E-state index in [4.69, 9.17) is 4.74 Å². The fraction of sp³-hybridized carbons (Fsp3) is 0.417. The Morgan fingerprint density at radius 3 is 2.69 bits per heavy atom.